The molecule has 3 rings (SSSR count). The first-order valence-electron chi connectivity index (χ1n) is 7.27. The fourth-order valence-corrected chi connectivity index (χ4v) is 4.76. The van der Waals surface area contributed by atoms with Crippen molar-refractivity contribution in [3.63, 3.8) is 0 Å². The van der Waals surface area contributed by atoms with E-state index in [-0.39, 0.29) is 11.5 Å². The number of phenolic OH excluding ortho intramolecular Hbond substituents is 2. The van der Waals surface area contributed by atoms with Gasteiger partial charge in [-0.3, -0.25) is 0 Å². The molecular formula is C16H21NO2S. The SMILES string of the molecule is CCCC1=CSC2CNCC(c3ccc(O)c(O)c3)C12. The van der Waals surface area contributed by atoms with Gasteiger partial charge in [-0.05, 0) is 29.5 Å². The number of aromatic hydroxyl groups is 2. The van der Waals surface area contributed by atoms with Crippen LogP contribution in [0.1, 0.15) is 31.2 Å². The Hall–Kier alpha value is -1.13. The molecule has 2 heterocycles. The number of hydrogen-bond acceptors (Lipinski definition) is 4. The molecule has 2 aliphatic rings. The molecule has 0 aromatic heterocycles. The fraction of sp³-hybridized carbons (Fsp3) is 0.500. The van der Waals surface area contributed by atoms with Gasteiger partial charge in [0, 0.05) is 30.2 Å². The van der Waals surface area contributed by atoms with Gasteiger partial charge in [0.15, 0.2) is 11.5 Å². The van der Waals surface area contributed by atoms with Gasteiger partial charge in [-0.2, -0.15) is 0 Å². The van der Waals surface area contributed by atoms with Gasteiger partial charge in [-0.1, -0.05) is 25.0 Å². The van der Waals surface area contributed by atoms with Gasteiger partial charge in [-0.15, -0.1) is 11.8 Å². The summed E-state index contributed by atoms with van der Waals surface area (Å²) in [4.78, 5) is 0. The van der Waals surface area contributed by atoms with Gasteiger partial charge in [0.2, 0.25) is 0 Å². The molecule has 108 valence electrons. The molecule has 4 heteroatoms. The summed E-state index contributed by atoms with van der Waals surface area (Å²) in [6.07, 6.45) is 2.34. The van der Waals surface area contributed by atoms with Crippen LogP contribution >= 0.6 is 11.8 Å². The zero-order chi connectivity index (χ0) is 14.1. The summed E-state index contributed by atoms with van der Waals surface area (Å²) < 4.78 is 0. The third kappa shape index (κ3) is 2.42. The molecule has 0 aliphatic carbocycles. The van der Waals surface area contributed by atoms with Gasteiger partial charge < -0.3 is 15.5 Å². The molecule has 20 heavy (non-hydrogen) atoms. The van der Waals surface area contributed by atoms with Gasteiger partial charge in [0.1, 0.15) is 0 Å². The van der Waals surface area contributed by atoms with Crippen LogP contribution in [0.3, 0.4) is 0 Å². The number of hydrogen-bond donors (Lipinski definition) is 3. The van der Waals surface area contributed by atoms with Crippen molar-refractivity contribution in [2.24, 2.45) is 5.92 Å². The molecule has 1 fully saturated rings. The molecule has 0 spiro atoms. The van der Waals surface area contributed by atoms with Crippen molar-refractivity contribution in [2.45, 2.75) is 30.9 Å². The second-order valence-electron chi connectivity index (χ2n) is 5.66. The second-order valence-corrected chi connectivity index (χ2v) is 6.77. The number of piperidine rings is 1. The van der Waals surface area contributed by atoms with E-state index in [4.69, 9.17) is 0 Å². The van der Waals surface area contributed by atoms with E-state index in [0.29, 0.717) is 17.1 Å². The zero-order valence-corrected chi connectivity index (χ0v) is 12.5. The quantitative estimate of drug-likeness (QED) is 0.749. The number of rotatable bonds is 3. The topological polar surface area (TPSA) is 52.5 Å². The van der Waals surface area contributed by atoms with E-state index in [1.54, 1.807) is 17.7 Å². The first-order chi connectivity index (χ1) is 9.70. The third-order valence-corrected chi connectivity index (χ3v) is 5.58. The van der Waals surface area contributed by atoms with Crippen LogP contribution in [0.15, 0.2) is 29.2 Å². The minimum Gasteiger partial charge on any atom is -0.504 e. The lowest BCUT2D eigenvalue weighted by atomic mass is 9.76. The first kappa shape index (κ1) is 13.8. The summed E-state index contributed by atoms with van der Waals surface area (Å²) in [5, 5.41) is 25.7. The van der Waals surface area contributed by atoms with Crippen molar-refractivity contribution < 1.29 is 10.2 Å². The monoisotopic (exact) mass is 291 g/mol. The summed E-state index contributed by atoms with van der Waals surface area (Å²) >= 11 is 1.94. The van der Waals surface area contributed by atoms with Crippen LogP contribution in [0, 0.1) is 5.92 Å². The number of allylic oxidation sites excluding steroid dienone is 1. The van der Waals surface area contributed by atoms with Crippen LogP contribution in [0.4, 0.5) is 0 Å². The average Bonchev–Trinajstić information content (AvgIpc) is 2.86. The van der Waals surface area contributed by atoms with Crippen molar-refractivity contribution in [3.05, 3.63) is 34.7 Å². The van der Waals surface area contributed by atoms with E-state index in [1.165, 1.54) is 6.42 Å². The van der Waals surface area contributed by atoms with Crippen LogP contribution < -0.4 is 5.32 Å². The number of thioether (sulfide) groups is 1. The lowest BCUT2D eigenvalue weighted by Gasteiger charge is -2.36. The minimum absolute atomic E-state index is 0.0173. The normalized spacial score (nSPS) is 29.1. The van der Waals surface area contributed by atoms with Gasteiger partial charge in [0.25, 0.3) is 0 Å². The molecule has 2 aliphatic heterocycles. The molecule has 1 aromatic rings. The lowest BCUT2D eigenvalue weighted by molar-refractivity contribution is 0.369. The summed E-state index contributed by atoms with van der Waals surface area (Å²) in [6, 6.07) is 5.26. The molecule has 0 saturated carbocycles. The maximum atomic E-state index is 9.75. The maximum Gasteiger partial charge on any atom is 0.157 e. The van der Waals surface area contributed by atoms with Gasteiger partial charge >= 0.3 is 0 Å². The van der Waals surface area contributed by atoms with E-state index in [9.17, 15) is 10.2 Å². The predicted octanol–water partition coefficient (Wildman–Crippen LogP) is 3.20. The number of nitrogens with one attached hydrogen (secondary N) is 1. The minimum atomic E-state index is -0.0424. The Balaban J connectivity index is 1.90. The molecule has 1 aromatic carbocycles. The van der Waals surface area contributed by atoms with Crippen molar-refractivity contribution in [3.8, 4) is 11.5 Å². The third-order valence-electron chi connectivity index (χ3n) is 4.33. The van der Waals surface area contributed by atoms with Crippen LogP contribution in [0.5, 0.6) is 11.5 Å². The molecule has 3 unspecified atom stereocenters. The van der Waals surface area contributed by atoms with E-state index in [0.717, 1.165) is 25.1 Å². The van der Waals surface area contributed by atoms with Crippen molar-refractivity contribution in [1.82, 2.24) is 5.32 Å². The molecule has 1 saturated heterocycles. The van der Waals surface area contributed by atoms with E-state index in [1.807, 2.05) is 17.8 Å². The Morgan fingerprint density at radius 1 is 1.25 bits per heavy atom. The lowest BCUT2D eigenvalue weighted by Crippen LogP contribution is -2.43. The fourth-order valence-electron chi connectivity index (χ4n) is 3.39. The van der Waals surface area contributed by atoms with Crippen molar-refractivity contribution >= 4 is 11.8 Å². The second kappa shape index (κ2) is 5.70. The largest absolute Gasteiger partial charge is 0.504 e. The highest BCUT2D eigenvalue weighted by atomic mass is 32.2. The average molecular weight is 291 g/mol. The molecule has 0 amide bonds. The molecule has 3 nitrogen and oxygen atoms in total. The summed E-state index contributed by atoms with van der Waals surface area (Å²) in [5.41, 5.74) is 2.67. The molecule has 3 atom stereocenters. The zero-order valence-electron chi connectivity index (χ0n) is 11.7. The first-order valence-corrected chi connectivity index (χ1v) is 8.22. The molecular weight excluding hydrogens is 270 g/mol. The molecule has 0 bridgehead atoms. The molecule has 3 N–H and O–H groups in total. The van der Waals surface area contributed by atoms with Crippen molar-refractivity contribution in [1.29, 1.82) is 0 Å². The van der Waals surface area contributed by atoms with E-state index >= 15 is 0 Å². The summed E-state index contributed by atoms with van der Waals surface area (Å²) in [6.45, 7) is 4.22. The van der Waals surface area contributed by atoms with Crippen LogP contribution in [-0.2, 0) is 0 Å². The van der Waals surface area contributed by atoms with Crippen LogP contribution in [-0.4, -0.2) is 28.6 Å². The number of benzene rings is 1. The Morgan fingerprint density at radius 3 is 2.85 bits per heavy atom. The maximum absolute atomic E-state index is 9.75. The van der Waals surface area contributed by atoms with Crippen molar-refractivity contribution in [2.75, 3.05) is 13.1 Å². The smallest absolute Gasteiger partial charge is 0.157 e. The highest BCUT2D eigenvalue weighted by Crippen LogP contribution is 2.47. The Bertz CT molecular complexity index is 529. The number of fused-ring (bicyclic) bond motifs is 1. The van der Waals surface area contributed by atoms with E-state index in [2.05, 4.69) is 17.6 Å². The summed E-state index contributed by atoms with van der Waals surface area (Å²) in [7, 11) is 0. The van der Waals surface area contributed by atoms with Gasteiger partial charge in [0.05, 0.1) is 0 Å². The Morgan fingerprint density at radius 2 is 2.10 bits per heavy atom. The highest BCUT2D eigenvalue weighted by Gasteiger charge is 2.39. The highest BCUT2D eigenvalue weighted by molar-refractivity contribution is 8.03. The van der Waals surface area contributed by atoms with E-state index < -0.39 is 0 Å². The van der Waals surface area contributed by atoms with Gasteiger partial charge in [-0.25, -0.2) is 0 Å². The summed E-state index contributed by atoms with van der Waals surface area (Å²) in [5.74, 6) is 0.883. The number of phenols is 2. The standard InChI is InChI=1S/C16H21NO2S/c1-2-3-11-9-20-15-8-17-7-12(16(11)15)10-4-5-13(18)14(19)6-10/h4-6,9,12,15-19H,2-3,7-8H2,1H3. The Labute approximate surface area is 124 Å². The Kier molecular flexibility index (Phi) is 3.94. The predicted molar refractivity (Wildman–Crippen MR) is 83.2 cm³/mol. The van der Waals surface area contributed by atoms with Crippen LogP contribution in [0.2, 0.25) is 0 Å². The molecule has 0 radical (unpaired) electrons. The van der Waals surface area contributed by atoms with Crippen LogP contribution in [0.25, 0.3) is 0 Å².